The van der Waals surface area contributed by atoms with E-state index in [-0.39, 0.29) is 24.2 Å². The van der Waals surface area contributed by atoms with Gasteiger partial charge in [-0.05, 0) is 26.7 Å². The summed E-state index contributed by atoms with van der Waals surface area (Å²) in [6, 6.07) is 0.123. The molecule has 110 valence electrons. The Morgan fingerprint density at radius 3 is 2.65 bits per heavy atom. The summed E-state index contributed by atoms with van der Waals surface area (Å²) in [5, 5.41) is 12.7. The number of carboxylic acids is 1. The first-order valence-corrected chi connectivity index (χ1v) is 7.65. The maximum Gasteiger partial charge on any atom is 0.323 e. The van der Waals surface area contributed by atoms with Crippen molar-refractivity contribution in [2.24, 2.45) is 0 Å². The second-order valence-electron chi connectivity index (χ2n) is 4.94. The minimum Gasteiger partial charge on any atom is -0.480 e. The second kappa shape index (κ2) is 6.30. The molecule has 0 saturated heterocycles. The van der Waals surface area contributed by atoms with Gasteiger partial charge < -0.3 is 14.5 Å². The lowest BCUT2D eigenvalue weighted by atomic mass is 10.2. The highest BCUT2D eigenvalue weighted by Crippen LogP contribution is 2.28. The number of aryl methyl sites for hydroxylation is 2. The molecule has 1 aromatic rings. The molecule has 1 fully saturated rings. The van der Waals surface area contributed by atoms with Gasteiger partial charge in [0.1, 0.15) is 12.3 Å². The summed E-state index contributed by atoms with van der Waals surface area (Å²) in [4.78, 5) is 24.3. The number of carbonyl (C=O) groups excluding carboxylic acids is 1. The number of hydrogen-bond acceptors (Lipinski definition) is 5. The summed E-state index contributed by atoms with van der Waals surface area (Å²) in [5.41, 5.74) is 1.85. The van der Waals surface area contributed by atoms with Gasteiger partial charge in [-0.1, -0.05) is 5.16 Å². The lowest BCUT2D eigenvalue weighted by Gasteiger charge is -2.19. The molecular weight excluding hydrogens is 280 g/mol. The molecule has 0 radical (unpaired) electrons. The number of hydrogen-bond donors (Lipinski definition) is 1. The van der Waals surface area contributed by atoms with E-state index in [9.17, 15) is 9.59 Å². The summed E-state index contributed by atoms with van der Waals surface area (Å²) in [6.07, 6.45) is 1.82. The summed E-state index contributed by atoms with van der Waals surface area (Å²) in [7, 11) is 0. The number of nitrogens with zero attached hydrogens (tertiary/aromatic N) is 2. The summed E-state index contributed by atoms with van der Waals surface area (Å²) in [5.74, 6) is 0.645. The molecular formula is C13H18N2O4S. The normalized spacial score (nSPS) is 14.3. The number of amides is 1. The first-order chi connectivity index (χ1) is 9.49. The van der Waals surface area contributed by atoms with Crippen LogP contribution in [-0.4, -0.2) is 45.4 Å². The Labute approximate surface area is 121 Å². The second-order valence-corrected chi connectivity index (χ2v) is 5.93. The van der Waals surface area contributed by atoms with Crippen LogP contribution in [0.1, 0.15) is 29.9 Å². The molecule has 6 nitrogen and oxygen atoms in total. The van der Waals surface area contributed by atoms with E-state index in [0.717, 1.165) is 29.9 Å². The van der Waals surface area contributed by atoms with Crippen LogP contribution in [0.2, 0.25) is 0 Å². The Kier molecular flexibility index (Phi) is 4.69. The van der Waals surface area contributed by atoms with Crippen LogP contribution in [-0.2, 0) is 15.3 Å². The molecule has 1 N–H and O–H groups in total. The van der Waals surface area contributed by atoms with Crippen molar-refractivity contribution < 1.29 is 19.2 Å². The predicted molar refractivity (Wildman–Crippen MR) is 74.5 cm³/mol. The van der Waals surface area contributed by atoms with Crippen molar-refractivity contribution in [3.63, 3.8) is 0 Å². The van der Waals surface area contributed by atoms with Crippen LogP contribution >= 0.6 is 11.8 Å². The highest BCUT2D eigenvalue weighted by molar-refractivity contribution is 7.99. The molecule has 1 saturated carbocycles. The van der Waals surface area contributed by atoms with E-state index >= 15 is 0 Å². The molecule has 7 heteroatoms. The van der Waals surface area contributed by atoms with Crippen LogP contribution in [0.5, 0.6) is 0 Å². The standard InChI is InChI=1S/C13H18N2O4S/c1-8-11(9(2)19-14-8)6-20-7-12(16)15(5-13(17)18)10-3-4-10/h10H,3-7H2,1-2H3,(H,17,18). The van der Waals surface area contributed by atoms with Gasteiger partial charge in [-0.25, -0.2) is 0 Å². The fourth-order valence-corrected chi connectivity index (χ4v) is 3.04. The number of aromatic nitrogens is 1. The minimum atomic E-state index is -0.957. The number of carboxylic acid groups (broad SMARTS) is 1. The third-order valence-corrected chi connectivity index (χ3v) is 4.21. The maximum absolute atomic E-state index is 12.1. The third-order valence-electron chi connectivity index (χ3n) is 3.27. The monoisotopic (exact) mass is 298 g/mol. The van der Waals surface area contributed by atoms with Crippen molar-refractivity contribution >= 4 is 23.6 Å². The smallest absolute Gasteiger partial charge is 0.323 e. The van der Waals surface area contributed by atoms with Crippen LogP contribution < -0.4 is 0 Å². The van der Waals surface area contributed by atoms with Gasteiger partial charge in [-0.2, -0.15) is 0 Å². The summed E-state index contributed by atoms with van der Waals surface area (Å²) in [6.45, 7) is 3.52. The van der Waals surface area contributed by atoms with Gasteiger partial charge in [-0.15, -0.1) is 11.8 Å². The number of aliphatic carboxylic acids is 1. The fraction of sp³-hybridized carbons (Fsp3) is 0.615. The van der Waals surface area contributed by atoms with E-state index in [4.69, 9.17) is 9.63 Å². The summed E-state index contributed by atoms with van der Waals surface area (Å²) < 4.78 is 5.06. The van der Waals surface area contributed by atoms with Gasteiger partial charge >= 0.3 is 5.97 Å². The van der Waals surface area contributed by atoms with Crippen LogP contribution in [0.3, 0.4) is 0 Å². The van der Waals surface area contributed by atoms with Crippen molar-refractivity contribution in [1.82, 2.24) is 10.1 Å². The zero-order chi connectivity index (χ0) is 14.7. The van der Waals surface area contributed by atoms with Crippen molar-refractivity contribution in [2.45, 2.75) is 38.5 Å². The molecule has 1 aliphatic rings. The van der Waals surface area contributed by atoms with Crippen molar-refractivity contribution in [1.29, 1.82) is 0 Å². The zero-order valence-corrected chi connectivity index (χ0v) is 12.4. The van der Waals surface area contributed by atoms with Crippen molar-refractivity contribution in [3.05, 3.63) is 17.0 Å². The van der Waals surface area contributed by atoms with E-state index in [2.05, 4.69) is 5.16 Å². The average Bonchev–Trinajstić information content (AvgIpc) is 3.17. The molecule has 1 aromatic heterocycles. The molecule has 1 amide bonds. The molecule has 0 unspecified atom stereocenters. The molecule has 2 rings (SSSR count). The number of thioether (sulfide) groups is 1. The Hall–Kier alpha value is -1.50. The molecule has 0 aliphatic heterocycles. The molecule has 1 aliphatic carbocycles. The van der Waals surface area contributed by atoms with E-state index < -0.39 is 5.97 Å². The van der Waals surface area contributed by atoms with Crippen LogP contribution in [0.4, 0.5) is 0 Å². The highest BCUT2D eigenvalue weighted by atomic mass is 32.2. The Morgan fingerprint density at radius 2 is 2.15 bits per heavy atom. The maximum atomic E-state index is 12.1. The van der Waals surface area contributed by atoms with E-state index in [1.807, 2.05) is 13.8 Å². The van der Waals surface area contributed by atoms with Crippen molar-refractivity contribution in [3.8, 4) is 0 Å². The molecule has 0 spiro atoms. The molecule has 0 aromatic carbocycles. The molecule has 20 heavy (non-hydrogen) atoms. The third kappa shape index (κ3) is 3.75. The van der Waals surface area contributed by atoms with E-state index in [1.165, 1.54) is 16.7 Å². The van der Waals surface area contributed by atoms with Crippen LogP contribution in [0.15, 0.2) is 4.52 Å². The fourth-order valence-electron chi connectivity index (χ4n) is 1.98. The largest absolute Gasteiger partial charge is 0.480 e. The molecule has 0 bridgehead atoms. The Morgan fingerprint density at radius 1 is 1.45 bits per heavy atom. The quantitative estimate of drug-likeness (QED) is 0.823. The van der Waals surface area contributed by atoms with E-state index in [0.29, 0.717) is 5.75 Å². The van der Waals surface area contributed by atoms with Gasteiger partial charge in [0.05, 0.1) is 11.4 Å². The predicted octanol–water partition coefficient (Wildman–Crippen LogP) is 1.60. The Balaban J connectivity index is 1.83. The minimum absolute atomic E-state index is 0.105. The first kappa shape index (κ1) is 14.9. The van der Waals surface area contributed by atoms with Crippen LogP contribution in [0, 0.1) is 13.8 Å². The average molecular weight is 298 g/mol. The van der Waals surface area contributed by atoms with Crippen LogP contribution in [0.25, 0.3) is 0 Å². The molecule has 1 heterocycles. The summed E-state index contributed by atoms with van der Waals surface area (Å²) >= 11 is 1.46. The van der Waals surface area contributed by atoms with Gasteiger partial charge in [0, 0.05) is 17.4 Å². The number of rotatable bonds is 7. The Bertz CT molecular complexity index is 491. The lowest BCUT2D eigenvalue weighted by Crippen LogP contribution is -2.38. The topological polar surface area (TPSA) is 83.6 Å². The highest BCUT2D eigenvalue weighted by Gasteiger charge is 2.33. The lowest BCUT2D eigenvalue weighted by molar-refractivity contribution is -0.143. The van der Waals surface area contributed by atoms with Gasteiger partial charge in [0.25, 0.3) is 0 Å². The van der Waals surface area contributed by atoms with Gasteiger partial charge in [-0.3, -0.25) is 9.59 Å². The zero-order valence-electron chi connectivity index (χ0n) is 11.6. The SMILES string of the molecule is Cc1noc(C)c1CSCC(=O)N(CC(=O)O)C1CC1. The first-order valence-electron chi connectivity index (χ1n) is 6.49. The number of carbonyl (C=O) groups is 2. The van der Waals surface area contributed by atoms with Crippen molar-refractivity contribution in [2.75, 3.05) is 12.3 Å². The van der Waals surface area contributed by atoms with E-state index in [1.54, 1.807) is 0 Å². The van der Waals surface area contributed by atoms with Gasteiger partial charge in [0.2, 0.25) is 5.91 Å². The molecule has 0 atom stereocenters. The van der Waals surface area contributed by atoms with Gasteiger partial charge in [0.15, 0.2) is 0 Å².